The molecule has 1 aliphatic rings. The van der Waals surface area contributed by atoms with E-state index >= 15 is 0 Å². The van der Waals surface area contributed by atoms with E-state index in [1.54, 1.807) is 49.5 Å². The van der Waals surface area contributed by atoms with Gasteiger partial charge in [0.25, 0.3) is 5.91 Å². The van der Waals surface area contributed by atoms with Crippen LogP contribution in [0, 0.1) is 0 Å². The van der Waals surface area contributed by atoms with Crippen LogP contribution in [0.25, 0.3) is 0 Å². The molecule has 6 nitrogen and oxygen atoms in total. The molecule has 0 radical (unpaired) electrons. The van der Waals surface area contributed by atoms with Gasteiger partial charge in [0.15, 0.2) is 0 Å². The number of aromatic hydroxyl groups is 2. The van der Waals surface area contributed by atoms with Gasteiger partial charge in [0.2, 0.25) is 5.91 Å². The quantitative estimate of drug-likeness (QED) is 0.883. The van der Waals surface area contributed by atoms with Crippen LogP contribution < -0.4 is 0 Å². The van der Waals surface area contributed by atoms with E-state index in [2.05, 4.69) is 0 Å². The average molecular weight is 354 g/mol. The number of benzene rings is 2. The number of phenols is 2. The lowest BCUT2D eigenvalue weighted by molar-refractivity contribution is -0.134. The summed E-state index contributed by atoms with van der Waals surface area (Å²) in [5.74, 6) is -0.455. The van der Waals surface area contributed by atoms with Gasteiger partial charge >= 0.3 is 0 Å². The Morgan fingerprint density at radius 2 is 1.73 bits per heavy atom. The van der Waals surface area contributed by atoms with Crippen LogP contribution in [0.2, 0.25) is 0 Å². The Balaban J connectivity index is 1.75. The van der Waals surface area contributed by atoms with E-state index in [0.717, 1.165) is 6.42 Å². The van der Waals surface area contributed by atoms with E-state index in [4.69, 9.17) is 0 Å². The second-order valence-electron chi connectivity index (χ2n) is 6.50. The molecule has 1 saturated heterocycles. The minimum absolute atomic E-state index is 0.0850. The standard InChI is InChI=1S/C20H22N2O4/c1-21(13-14-7-2-4-10-17(14)23)20(26)16-9-6-12-22(16)19(25)15-8-3-5-11-18(15)24/h2-5,7-8,10-11,16,23-24H,6,9,12-13H2,1H3/t16-/m0/s1. The van der Waals surface area contributed by atoms with E-state index in [9.17, 15) is 19.8 Å². The van der Waals surface area contributed by atoms with Crippen LogP contribution in [0.15, 0.2) is 48.5 Å². The number of hydrogen-bond donors (Lipinski definition) is 2. The number of likely N-dealkylation sites (tertiary alicyclic amines) is 1. The van der Waals surface area contributed by atoms with Gasteiger partial charge in [-0.2, -0.15) is 0 Å². The Bertz CT molecular complexity index is 821. The number of phenolic OH excluding ortho intramolecular Hbond substituents is 2. The summed E-state index contributed by atoms with van der Waals surface area (Å²) in [6.45, 7) is 0.745. The number of amides is 2. The van der Waals surface area contributed by atoms with Crippen molar-refractivity contribution in [1.29, 1.82) is 0 Å². The zero-order valence-electron chi connectivity index (χ0n) is 14.6. The number of likely N-dealkylation sites (N-methyl/N-ethyl adjacent to an activating group) is 1. The van der Waals surface area contributed by atoms with E-state index in [-0.39, 0.29) is 35.4 Å². The first kappa shape index (κ1) is 17.8. The Labute approximate surface area is 152 Å². The van der Waals surface area contributed by atoms with Crippen LogP contribution in [0.1, 0.15) is 28.8 Å². The Morgan fingerprint density at radius 3 is 2.42 bits per heavy atom. The Morgan fingerprint density at radius 1 is 1.08 bits per heavy atom. The second kappa shape index (κ2) is 7.47. The molecule has 2 amide bonds. The predicted octanol–water partition coefficient (Wildman–Crippen LogP) is 2.36. The molecule has 1 aliphatic heterocycles. The maximum absolute atomic E-state index is 12.9. The molecule has 0 saturated carbocycles. The summed E-state index contributed by atoms with van der Waals surface area (Å²) >= 11 is 0. The van der Waals surface area contributed by atoms with Crippen LogP contribution in [-0.2, 0) is 11.3 Å². The van der Waals surface area contributed by atoms with E-state index in [0.29, 0.717) is 18.5 Å². The van der Waals surface area contributed by atoms with Crippen LogP contribution in [0.4, 0.5) is 0 Å². The number of carbonyl (C=O) groups excluding carboxylic acids is 2. The molecule has 0 aliphatic carbocycles. The molecule has 6 heteroatoms. The first-order chi connectivity index (χ1) is 12.5. The highest BCUT2D eigenvalue weighted by Crippen LogP contribution is 2.26. The van der Waals surface area contributed by atoms with Gasteiger partial charge in [-0.1, -0.05) is 30.3 Å². The molecule has 0 bridgehead atoms. The van der Waals surface area contributed by atoms with Crippen molar-refractivity contribution < 1.29 is 19.8 Å². The molecular formula is C20H22N2O4. The molecule has 1 heterocycles. The maximum Gasteiger partial charge on any atom is 0.258 e. The first-order valence-electron chi connectivity index (χ1n) is 8.60. The second-order valence-corrected chi connectivity index (χ2v) is 6.50. The zero-order chi connectivity index (χ0) is 18.7. The van der Waals surface area contributed by atoms with Crippen molar-refractivity contribution in [2.24, 2.45) is 0 Å². The maximum atomic E-state index is 12.9. The third kappa shape index (κ3) is 3.49. The fraction of sp³-hybridized carbons (Fsp3) is 0.300. The topological polar surface area (TPSA) is 81.1 Å². The summed E-state index contributed by atoms with van der Waals surface area (Å²) in [4.78, 5) is 28.7. The molecule has 1 atom stereocenters. The predicted molar refractivity (Wildman–Crippen MR) is 96.7 cm³/mol. The summed E-state index contributed by atoms with van der Waals surface area (Å²) in [5.41, 5.74) is 0.857. The Hall–Kier alpha value is -3.02. The molecule has 0 aromatic heterocycles. The lowest BCUT2D eigenvalue weighted by Crippen LogP contribution is -2.46. The fourth-order valence-electron chi connectivity index (χ4n) is 3.31. The number of para-hydroxylation sites is 2. The minimum atomic E-state index is -0.557. The molecule has 2 N–H and O–H groups in total. The van der Waals surface area contributed by atoms with Crippen LogP contribution in [0.5, 0.6) is 11.5 Å². The lowest BCUT2D eigenvalue weighted by Gasteiger charge is -2.28. The summed E-state index contributed by atoms with van der Waals surface area (Å²) in [6.07, 6.45) is 1.32. The monoisotopic (exact) mass is 354 g/mol. The number of nitrogens with zero attached hydrogens (tertiary/aromatic N) is 2. The molecule has 0 unspecified atom stereocenters. The van der Waals surface area contributed by atoms with Gasteiger partial charge in [-0.15, -0.1) is 0 Å². The van der Waals surface area contributed by atoms with Crippen LogP contribution >= 0.6 is 0 Å². The van der Waals surface area contributed by atoms with Gasteiger partial charge < -0.3 is 20.0 Å². The molecule has 26 heavy (non-hydrogen) atoms. The summed E-state index contributed by atoms with van der Waals surface area (Å²) in [6, 6.07) is 12.7. The fourth-order valence-corrected chi connectivity index (χ4v) is 3.31. The van der Waals surface area contributed by atoms with Gasteiger partial charge in [0.1, 0.15) is 17.5 Å². The Kier molecular flexibility index (Phi) is 5.11. The van der Waals surface area contributed by atoms with Crippen molar-refractivity contribution in [2.45, 2.75) is 25.4 Å². The highest BCUT2D eigenvalue weighted by molar-refractivity contribution is 5.99. The third-order valence-corrected chi connectivity index (χ3v) is 4.71. The largest absolute Gasteiger partial charge is 0.508 e. The smallest absolute Gasteiger partial charge is 0.258 e. The van der Waals surface area contributed by atoms with E-state index in [1.807, 2.05) is 0 Å². The molecule has 136 valence electrons. The summed E-state index contributed by atoms with van der Waals surface area (Å²) in [7, 11) is 1.66. The molecule has 2 aromatic carbocycles. The number of carbonyl (C=O) groups is 2. The van der Waals surface area contributed by atoms with Crippen molar-refractivity contribution in [2.75, 3.05) is 13.6 Å². The average Bonchev–Trinajstić information content (AvgIpc) is 3.12. The first-order valence-corrected chi connectivity index (χ1v) is 8.60. The van der Waals surface area contributed by atoms with E-state index in [1.165, 1.54) is 15.9 Å². The normalized spacial score (nSPS) is 16.5. The van der Waals surface area contributed by atoms with Gasteiger partial charge in [-0.3, -0.25) is 9.59 Å². The van der Waals surface area contributed by atoms with Crippen molar-refractivity contribution in [1.82, 2.24) is 9.80 Å². The zero-order valence-corrected chi connectivity index (χ0v) is 14.6. The van der Waals surface area contributed by atoms with Crippen LogP contribution in [0.3, 0.4) is 0 Å². The van der Waals surface area contributed by atoms with Gasteiger partial charge in [0.05, 0.1) is 5.56 Å². The van der Waals surface area contributed by atoms with E-state index < -0.39 is 6.04 Å². The van der Waals surface area contributed by atoms with Crippen molar-refractivity contribution in [3.05, 3.63) is 59.7 Å². The van der Waals surface area contributed by atoms with Crippen LogP contribution in [-0.4, -0.2) is 51.5 Å². The van der Waals surface area contributed by atoms with Crippen molar-refractivity contribution >= 4 is 11.8 Å². The minimum Gasteiger partial charge on any atom is -0.508 e. The lowest BCUT2D eigenvalue weighted by atomic mass is 10.1. The molecule has 3 rings (SSSR count). The highest BCUT2D eigenvalue weighted by atomic mass is 16.3. The molecule has 1 fully saturated rings. The molecule has 2 aromatic rings. The van der Waals surface area contributed by atoms with Crippen molar-refractivity contribution in [3.8, 4) is 11.5 Å². The van der Waals surface area contributed by atoms with Crippen molar-refractivity contribution in [3.63, 3.8) is 0 Å². The molecular weight excluding hydrogens is 332 g/mol. The third-order valence-electron chi connectivity index (χ3n) is 4.71. The van der Waals surface area contributed by atoms with Gasteiger partial charge in [-0.25, -0.2) is 0 Å². The van der Waals surface area contributed by atoms with Gasteiger partial charge in [0, 0.05) is 25.7 Å². The molecule has 0 spiro atoms. The number of rotatable bonds is 4. The summed E-state index contributed by atoms with van der Waals surface area (Å²) in [5, 5.41) is 19.8. The summed E-state index contributed by atoms with van der Waals surface area (Å²) < 4.78 is 0. The van der Waals surface area contributed by atoms with Gasteiger partial charge in [-0.05, 0) is 31.0 Å². The SMILES string of the molecule is CN(Cc1ccccc1O)C(=O)[C@@H]1CCCN1C(=O)c1ccccc1O. The number of hydrogen-bond acceptors (Lipinski definition) is 4. The highest BCUT2D eigenvalue weighted by Gasteiger charge is 2.36.